The van der Waals surface area contributed by atoms with Crippen LogP contribution < -0.4 is 0 Å². The third-order valence-electron chi connectivity index (χ3n) is 4.22. The van der Waals surface area contributed by atoms with E-state index in [2.05, 4.69) is 15.9 Å². The zero-order chi connectivity index (χ0) is 18.1. The summed E-state index contributed by atoms with van der Waals surface area (Å²) in [4.78, 5) is 36.9. The maximum Gasteiger partial charge on any atom is 0.234 e. The quantitative estimate of drug-likeness (QED) is 0.781. The lowest BCUT2D eigenvalue weighted by Gasteiger charge is -2.24. The summed E-state index contributed by atoms with van der Waals surface area (Å²) < 4.78 is 0.786. The maximum atomic E-state index is 12.7. The van der Waals surface area contributed by atoms with Crippen molar-refractivity contribution in [1.29, 1.82) is 0 Å². The minimum atomic E-state index is -0.762. The number of carbonyl (C=O) groups is 3. The number of aliphatic hydroxyl groups excluding tert-OH is 1. The van der Waals surface area contributed by atoms with Crippen molar-refractivity contribution < 1.29 is 19.5 Å². The van der Waals surface area contributed by atoms with E-state index in [1.807, 2.05) is 6.07 Å². The molecule has 0 bridgehead atoms. The van der Waals surface area contributed by atoms with Gasteiger partial charge in [0.05, 0.1) is 5.57 Å². The van der Waals surface area contributed by atoms with Gasteiger partial charge in [-0.3, -0.25) is 14.4 Å². The fourth-order valence-corrected chi connectivity index (χ4v) is 3.52. The summed E-state index contributed by atoms with van der Waals surface area (Å²) in [5.41, 5.74) is 1.18. The molecule has 25 heavy (non-hydrogen) atoms. The Morgan fingerprint density at radius 3 is 2.36 bits per heavy atom. The lowest BCUT2D eigenvalue weighted by atomic mass is 9.78. The van der Waals surface area contributed by atoms with Crippen molar-refractivity contribution in [2.45, 2.75) is 19.3 Å². The van der Waals surface area contributed by atoms with Gasteiger partial charge in [-0.15, -0.1) is 0 Å². The molecule has 0 unspecified atom stereocenters. The van der Waals surface area contributed by atoms with Crippen molar-refractivity contribution in [2.75, 3.05) is 0 Å². The first-order valence-corrected chi connectivity index (χ1v) is 8.56. The first-order valence-electron chi connectivity index (χ1n) is 7.76. The Morgan fingerprint density at radius 2 is 1.72 bits per heavy atom. The zero-order valence-corrected chi connectivity index (χ0v) is 15.0. The normalized spacial score (nSPS) is 15.1. The van der Waals surface area contributed by atoms with E-state index >= 15 is 0 Å². The number of benzene rings is 2. The molecule has 1 atom stereocenters. The Kier molecular flexibility index (Phi) is 4.68. The Labute approximate surface area is 153 Å². The van der Waals surface area contributed by atoms with Gasteiger partial charge in [0.2, 0.25) is 11.6 Å². The molecule has 126 valence electrons. The van der Waals surface area contributed by atoms with E-state index < -0.39 is 17.5 Å². The van der Waals surface area contributed by atoms with Crippen molar-refractivity contribution in [1.82, 2.24) is 0 Å². The molecule has 0 spiro atoms. The summed E-state index contributed by atoms with van der Waals surface area (Å²) in [6, 6.07) is 13.6. The van der Waals surface area contributed by atoms with Gasteiger partial charge in [0.1, 0.15) is 11.5 Å². The zero-order valence-electron chi connectivity index (χ0n) is 13.5. The van der Waals surface area contributed by atoms with Gasteiger partial charge < -0.3 is 5.11 Å². The van der Waals surface area contributed by atoms with E-state index in [0.29, 0.717) is 11.1 Å². The maximum absolute atomic E-state index is 12.7. The number of ketones is 3. The van der Waals surface area contributed by atoms with Crippen LogP contribution in [0.3, 0.4) is 0 Å². The fourth-order valence-electron chi connectivity index (χ4n) is 3.11. The minimum absolute atomic E-state index is 0.0167. The molecule has 1 aliphatic carbocycles. The lowest BCUT2D eigenvalue weighted by molar-refractivity contribution is -0.117. The molecule has 0 heterocycles. The van der Waals surface area contributed by atoms with Crippen molar-refractivity contribution in [2.24, 2.45) is 0 Å². The number of Topliss-reactive ketones (excluding diaryl/α,β-unsaturated/α-hetero) is 3. The van der Waals surface area contributed by atoms with E-state index in [1.54, 1.807) is 36.4 Å². The third-order valence-corrected chi connectivity index (χ3v) is 4.72. The van der Waals surface area contributed by atoms with Crippen LogP contribution in [-0.4, -0.2) is 22.5 Å². The highest BCUT2D eigenvalue weighted by Crippen LogP contribution is 2.38. The van der Waals surface area contributed by atoms with Gasteiger partial charge in [-0.25, -0.2) is 0 Å². The molecule has 0 aliphatic heterocycles. The number of hydrogen-bond donors (Lipinski definition) is 1. The number of allylic oxidation sites excluding steroid dienone is 1. The minimum Gasteiger partial charge on any atom is -0.507 e. The van der Waals surface area contributed by atoms with E-state index in [1.165, 1.54) is 13.0 Å². The molecule has 1 N–H and O–H groups in total. The number of rotatable bonds is 4. The van der Waals surface area contributed by atoms with Gasteiger partial charge in [-0.05, 0) is 24.6 Å². The third kappa shape index (κ3) is 3.20. The van der Waals surface area contributed by atoms with Gasteiger partial charge in [0.25, 0.3) is 0 Å². The average Bonchev–Trinajstić information content (AvgIpc) is 2.59. The topological polar surface area (TPSA) is 71.4 Å². The van der Waals surface area contributed by atoms with Gasteiger partial charge >= 0.3 is 0 Å². The van der Waals surface area contributed by atoms with E-state index in [0.717, 1.165) is 4.47 Å². The Balaban J connectivity index is 2.23. The standard InChI is InChI=1S/C20H15BrO4/c1-11(22)9-16(12-5-4-6-13(21)10-12)17-18(23)14-7-2-3-8-15(14)19(24)20(17)25/h2-8,10,16,23H,9H2,1H3/t16-/m0/s1. The Bertz CT molecular complexity index is 927. The van der Waals surface area contributed by atoms with Gasteiger partial charge in [0, 0.05) is 27.9 Å². The summed E-state index contributed by atoms with van der Waals surface area (Å²) in [5, 5.41) is 10.7. The molecule has 0 saturated heterocycles. The summed E-state index contributed by atoms with van der Waals surface area (Å²) in [6.07, 6.45) is 0.0248. The van der Waals surface area contributed by atoms with Gasteiger partial charge in [-0.1, -0.05) is 52.3 Å². The van der Waals surface area contributed by atoms with Crippen LogP contribution in [0.25, 0.3) is 5.76 Å². The molecule has 1 aliphatic rings. The molecule has 0 amide bonds. The van der Waals surface area contributed by atoms with Gasteiger partial charge in [0.15, 0.2) is 0 Å². The lowest BCUT2D eigenvalue weighted by Crippen LogP contribution is -2.28. The molecule has 0 saturated carbocycles. The van der Waals surface area contributed by atoms with Crippen LogP contribution in [0, 0.1) is 0 Å². The second-order valence-corrected chi connectivity index (χ2v) is 6.90. The molecule has 0 fully saturated rings. The Morgan fingerprint density at radius 1 is 1.04 bits per heavy atom. The number of carbonyl (C=O) groups excluding carboxylic acids is 3. The monoisotopic (exact) mass is 398 g/mol. The van der Waals surface area contributed by atoms with Crippen molar-refractivity contribution in [3.63, 3.8) is 0 Å². The van der Waals surface area contributed by atoms with Crippen LogP contribution in [-0.2, 0) is 9.59 Å². The average molecular weight is 399 g/mol. The van der Waals surface area contributed by atoms with Crippen LogP contribution in [0.15, 0.2) is 58.6 Å². The highest BCUT2D eigenvalue weighted by molar-refractivity contribution is 9.10. The molecule has 2 aromatic rings. The van der Waals surface area contributed by atoms with Crippen LogP contribution in [0.5, 0.6) is 0 Å². The van der Waals surface area contributed by atoms with Gasteiger partial charge in [-0.2, -0.15) is 0 Å². The second kappa shape index (κ2) is 6.76. The molecule has 0 aromatic heterocycles. The molecular weight excluding hydrogens is 384 g/mol. The SMILES string of the molecule is CC(=O)C[C@H](C1=C(O)c2ccccc2C(=O)C1=O)c1cccc(Br)c1. The largest absolute Gasteiger partial charge is 0.507 e. The number of aliphatic hydroxyl groups is 1. The molecule has 4 nitrogen and oxygen atoms in total. The van der Waals surface area contributed by atoms with E-state index in [4.69, 9.17) is 0 Å². The summed E-state index contributed by atoms with van der Waals surface area (Å²) in [5.74, 6) is -2.47. The van der Waals surface area contributed by atoms with Crippen LogP contribution >= 0.6 is 15.9 Å². The Hall–Kier alpha value is -2.53. The fraction of sp³-hybridized carbons (Fsp3) is 0.150. The first kappa shape index (κ1) is 17.3. The first-order chi connectivity index (χ1) is 11.9. The number of halogens is 1. The molecule has 5 heteroatoms. The smallest absolute Gasteiger partial charge is 0.234 e. The second-order valence-electron chi connectivity index (χ2n) is 5.98. The highest BCUT2D eigenvalue weighted by atomic mass is 79.9. The molecular formula is C20H15BrO4. The summed E-state index contributed by atoms with van der Waals surface area (Å²) in [7, 11) is 0. The number of hydrogen-bond acceptors (Lipinski definition) is 4. The predicted octanol–water partition coefficient (Wildman–Crippen LogP) is 4.25. The predicted molar refractivity (Wildman–Crippen MR) is 97.5 cm³/mol. The van der Waals surface area contributed by atoms with Crippen molar-refractivity contribution in [3.8, 4) is 0 Å². The van der Waals surface area contributed by atoms with E-state index in [-0.39, 0.29) is 29.1 Å². The summed E-state index contributed by atoms with van der Waals surface area (Å²) in [6.45, 7) is 1.42. The molecule has 0 radical (unpaired) electrons. The van der Waals surface area contributed by atoms with Crippen molar-refractivity contribution in [3.05, 3.63) is 75.3 Å². The van der Waals surface area contributed by atoms with Crippen LogP contribution in [0.2, 0.25) is 0 Å². The molecule has 2 aromatic carbocycles. The summed E-state index contributed by atoms with van der Waals surface area (Å²) >= 11 is 3.37. The number of fused-ring (bicyclic) bond motifs is 1. The van der Waals surface area contributed by atoms with Crippen LogP contribution in [0.1, 0.15) is 40.7 Å². The van der Waals surface area contributed by atoms with Crippen LogP contribution in [0.4, 0.5) is 0 Å². The molecule has 3 rings (SSSR count). The van der Waals surface area contributed by atoms with E-state index in [9.17, 15) is 19.5 Å². The highest BCUT2D eigenvalue weighted by Gasteiger charge is 2.37. The van der Waals surface area contributed by atoms with Crippen molar-refractivity contribution >= 4 is 39.0 Å².